The number of hydrogen-bond acceptors (Lipinski definition) is 3. The molecule has 1 aromatic heterocycles. The molecular weight excluding hydrogens is 218 g/mol. The highest BCUT2D eigenvalue weighted by atomic mass is 16.2. The number of aryl methyl sites for hydroxylation is 2. The smallest absolute Gasteiger partial charge is 0.227 e. The lowest BCUT2D eigenvalue weighted by molar-refractivity contribution is -0.123. The average molecular weight is 233 g/mol. The fourth-order valence-corrected chi connectivity index (χ4v) is 1.92. The number of pyridine rings is 1. The summed E-state index contributed by atoms with van der Waals surface area (Å²) in [5.74, 6) is -0.874. The second-order valence-corrected chi connectivity index (χ2v) is 4.40. The molecule has 0 radical (unpaired) electrons. The highest BCUT2D eigenvalue weighted by Crippen LogP contribution is 2.25. The molecule has 17 heavy (non-hydrogen) atoms. The van der Waals surface area contributed by atoms with E-state index in [1.807, 2.05) is 19.9 Å². The van der Waals surface area contributed by atoms with Crippen LogP contribution in [0.2, 0.25) is 0 Å². The van der Waals surface area contributed by atoms with Gasteiger partial charge in [0.15, 0.2) is 0 Å². The molecule has 1 aromatic rings. The molecule has 90 valence electrons. The molecule has 2 rings (SSSR count). The SMILES string of the molecule is Cc1cc(N2CC(C(N)=O)CC2=O)cnc1C. The number of nitrogens with two attached hydrogens (primary N) is 1. The van der Waals surface area contributed by atoms with Crippen molar-refractivity contribution in [3.63, 3.8) is 0 Å². The lowest BCUT2D eigenvalue weighted by Gasteiger charge is -2.16. The molecule has 5 heteroatoms. The van der Waals surface area contributed by atoms with Crippen molar-refractivity contribution >= 4 is 17.5 Å². The van der Waals surface area contributed by atoms with Gasteiger partial charge in [-0.2, -0.15) is 0 Å². The third kappa shape index (κ3) is 2.13. The van der Waals surface area contributed by atoms with Crippen LogP contribution in [0.3, 0.4) is 0 Å². The fourth-order valence-electron chi connectivity index (χ4n) is 1.92. The van der Waals surface area contributed by atoms with Gasteiger partial charge in [-0.1, -0.05) is 0 Å². The number of amides is 2. The van der Waals surface area contributed by atoms with Gasteiger partial charge in [0.25, 0.3) is 0 Å². The van der Waals surface area contributed by atoms with Crippen molar-refractivity contribution < 1.29 is 9.59 Å². The lowest BCUT2D eigenvalue weighted by Crippen LogP contribution is -2.28. The van der Waals surface area contributed by atoms with E-state index >= 15 is 0 Å². The minimum atomic E-state index is -0.419. The molecule has 0 aliphatic carbocycles. The summed E-state index contributed by atoms with van der Waals surface area (Å²) in [5.41, 5.74) is 7.92. The number of aromatic nitrogens is 1. The Bertz CT molecular complexity index is 485. The van der Waals surface area contributed by atoms with E-state index < -0.39 is 5.91 Å². The summed E-state index contributed by atoms with van der Waals surface area (Å²) in [5, 5.41) is 0. The number of anilines is 1. The summed E-state index contributed by atoms with van der Waals surface area (Å²) in [4.78, 5) is 28.6. The molecule has 1 saturated heterocycles. The number of rotatable bonds is 2. The zero-order chi connectivity index (χ0) is 12.6. The van der Waals surface area contributed by atoms with Crippen molar-refractivity contribution in [3.05, 3.63) is 23.5 Å². The van der Waals surface area contributed by atoms with Crippen molar-refractivity contribution in [1.82, 2.24) is 4.98 Å². The molecule has 2 N–H and O–H groups in total. The summed E-state index contributed by atoms with van der Waals surface area (Å²) in [6, 6.07) is 1.91. The van der Waals surface area contributed by atoms with Crippen LogP contribution in [0.5, 0.6) is 0 Å². The zero-order valence-corrected chi connectivity index (χ0v) is 9.93. The largest absolute Gasteiger partial charge is 0.369 e. The highest BCUT2D eigenvalue weighted by molar-refractivity contribution is 5.99. The molecule has 1 fully saturated rings. The summed E-state index contributed by atoms with van der Waals surface area (Å²) in [7, 11) is 0. The van der Waals surface area contributed by atoms with Gasteiger partial charge >= 0.3 is 0 Å². The summed E-state index contributed by atoms with van der Waals surface area (Å²) < 4.78 is 0. The Balaban J connectivity index is 2.26. The molecule has 0 aromatic carbocycles. The van der Waals surface area contributed by atoms with Gasteiger partial charge in [-0.25, -0.2) is 0 Å². The molecule has 0 bridgehead atoms. The number of primary amides is 1. The van der Waals surface area contributed by atoms with Gasteiger partial charge in [0.2, 0.25) is 11.8 Å². The Morgan fingerprint density at radius 1 is 1.53 bits per heavy atom. The first kappa shape index (κ1) is 11.6. The Labute approximate surface area is 99.6 Å². The fraction of sp³-hybridized carbons (Fsp3) is 0.417. The van der Waals surface area contributed by atoms with Gasteiger partial charge in [-0.05, 0) is 25.5 Å². The summed E-state index contributed by atoms with van der Waals surface area (Å²) >= 11 is 0. The average Bonchev–Trinajstić information content (AvgIpc) is 2.65. The van der Waals surface area contributed by atoms with Crippen molar-refractivity contribution in [2.24, 2.45) is 11.7 Å². The van der Waals surface area contributed by atoms with Gasteiger partial charge in [0.05, 0.1) is 17.8 Å². The Hall–Kier alpha value is -1.91. The van der Waals surface area contributed by atoms with E-state index in [9.17, 15) is 9.59 Å². The minimum Gasteiger partial charge on any atom is -0.369 e. The van der Waals surface area contributed by atoms with Crippen LogP contribution in [0.1, 0.15) is 17.7 Å². The third-order valence-corrected chi connectivity index (χ3v) is 3.16. The second kappa shape index (κ2) is 4.16. The third-order valence-electron chi connectivity index (χ3n) is 3.16. The lowest BCUT2D eigenvalue weighted by atomic mass is 10.1. The van der Waals surface area contributed by atoms with Gasteiger partial charge in [-0.15, -0.1) is 0 Å². The van der Waals surface area contributed by atoms with Crippen LogP contribution in [0.15, 0.2) is 12.3 Å². The molecule has 1 unspecified atom stereocenters. The van der Waals surface area contributed by atoms with Crippen LogP contribution in [0.25, 0.3) is 0 Å². The maximum atomic E-state index is 11.8. The highest BCUT2D eigenvalue weighted by Gasteiger charge is 2.34. The quantitative estimate of drug-likeness (QED) is 0.809. The van der Waals surface area contributed by atoms with E-state index in [-0.39, 0.29) is 18.2 Å². The topological polar surface area (TPSA) is 76.3 Å². The predicted octanol–water partition coefficient (Wildman–Crippen LogP) is 0.537. The molecule has 0 spiro atoms. The molecule has 2 amide bonds. The molecule has 0 saturated carbocycles. The summed E-state index contributed by atoms with van der Waals surface area (Å²) in [6.45, 7) is 4.22. The number of nitrogens with zero attached hydrogens (tertiary/aromatic N) is 2. The van der Waals surface area contributed by atoms with E-state index in [0.717, 1.165) is 16.9 Å². The first-order chi connectivity index (χ1) is 7.99. The van der Waals surface area contributed by atoms with Gasteiger partial charge in [0.1, 0.15) is 0 Å². The second-order valence-electron chi connectivity index (χ2n) is 4.40. The van der Waals surface area contributed by atoms with Crippen molar-refractivity contribution in [3.8, 4) is 0 Å². The van der Waals surface area contributed by atoms with E-state index in [2.05, 4.69) is 4.98 Å². The van der Waals surface area contributed by atoms with Gasteiger partial charge < -0.3 is 10.6 Å². The monoisotopic (exact) mass is 233 g/mol. The molecule has 1 aliphatic rings. The normalized spacial score (nSPS) is 19.8. The van der Waals surface area contributed by atoms with Crippen LogP contribution in [0, 0.1) is 19.8 Å². The Morgan fingerprint density at radius 2 is 2.24 bits per heavy atom. The first-order valence-electron chi connectivity index (χ1n) is 5.52. The predicted molar refractivity (Wildman–Crippen MR) is 63.4 cm³/mol. The Kier molecular flexibility index (Phi) is 2.83. The molecule has 2 heterocycles. The standard InChI is InChI=1S/C12H15N3O2/c1-7-3-10(5-14-8(7)2)15-6-9(12(13)17)4-11(15)16/h3,5,9H,4,6H2,1-2H3,(H2,13,17). The maximum Gasteiger partial charge on any atom is 0.227 e. The number of carbonyl (C=O) groups is 2. The van der Waals surface area contributed by atoms with Crippen LogP contribution in [0.4, 0.5) is 5.69 Å². The van der Waals surface area contributed by atoms with Crippen LogP contribution in [-0.4, -0.2) is 23.3 Å². The maximum absolute atomic E-state index is 11.8. The van der Waals surface area contributed by atoms with Gasteiger partial charge in [-0.3, -0.25) is 14.6 Å². The molecular formula is C12H15N3O2. The van der Waals surface area contributed by atoms with Crippen LogP contribution in [-0.2, 0) is 9.59 Å². The molecule has 1 aliphatic heterocycles. The molecule has 5 nitrogen and oxygen atoms in total. The first-order valence-corrected chi connectivity index (χ1v) is 5.52. The number of hydrogen-bond donors (Lipinski definition) is 1. The molecule has 1 atom stereocenters. The van der Waals surface area contributed by atoms with Crippen molar-refractivity contribution in [2.45, 2.75) is 20.3 Å². The van der Waals surface area contributed by atoms with E-state index in [0.29, 0.717) is 6.54 Å². The minimum absolute atomic E-state index is 0.0705. The van der Waals surface area contributed by atoms with E-state index in [1.165, 1.54) is 0 Å². The van der Waals surface area contributed by atoms with Crippen molar-refractivity contribution in [1.29, 1.82) is 0 Å². The van der Waals surface area contributed by atoms with E-state index in [1.54, 1.807) is 11.1 Å². The number of carbonyl (C=O) groups excluding carboxylic acids is 2. The zero-order valence-electron chi connectivity index (χ0n) is 9.93. The Morgan fingerprint density at radius 3 is 2.76 bits per heavy atom. The van der Waals surface area contributed by atoms with E-state index in [4.69, 9.17) is 5.73 Å². The van der Waals surface area contributed by atoms with Crippen molar-refractivity contribution in [2.75, 3.05) is 11.4 Å². The van der Waals surface area contributed by atoms with Gasteiger partial charge in [0, 0.05) is 18.7 Å². The van der Waals surface area contributed by atoms with Crippen LogP contribution >= 0.6 is 0 Å². The van der Waals surface area contributed by atoms with Crippen LogP contribution < -0.4 is 10.6 Å². The summed E-state index contributed by atoms with van der Waals surface area (Å²) in [6.07, 6.45) is 1.85.